The predicted molar refractivity (Wildman–Crippen MR) is 80.8 cm³/mol. The first-order valence-corrected chi connectivity index (χ1v) is 9.04. The lowest BCUT2D eigenvalue weighted by molar-refractivity contribution is -0.148. The highest BCUT2D eigenvalue weighted by Crippen LogP contribution is 2.55. The zero-order valence-corrected chi connectivity index (χ0v) is 13.0. The summed E-state index contributed by atoms with van der Waals surface area (Å²) in [6.07, 6.45) is 18.5. The van der Waals surface area contributed by atoms with Crippen LogP contribution in [0.2, 0.25) is 0 Å². The van der Waals surface area contributed by atoms with Gasteiger partial charge in [0.25, 0.3) is 0 Å². The summed E-state index contributed by atoms with van der Waals surface area (Å²) < 4.78 is 6.54. The molecule has 0 aromatic carbocycles. The fraction of sp³-hybridized carbons (Fsp3) is 1.00. The Morgan fingerprint density at radius 1 is 0.789 bits per heavy atom. The average Bonchev–Trinajstić information content (AvgIpc) is 2.82. The first-order valence-electron chi connectivity index (χ1n) is 8.61. The number of alkyl halides is 1. The van der Waals surface area contributed by atoms with Gasteiger partial charge in [0.05, 0.1) is 12.2 Å². The highest BCUT2D eigenvalue weighted by Gasteiger charge is 2.54. The summed E-state index contributed by atoms with van der Waals surface area (Å²) in [6.45, 7) is 0. The minimum Gasteiger partial charge on any atom is -0.374 e. The number of rotatable bonds is 2. The van der Waals surface area contributed by atoms with Gasteiger partial charge in [-0.3, -0.25) is 0 Å². The van der Waals surface area contributed by atoms with Crippen LogP contribution in [-0.4, -0.2) is 17.6 Å². The number of hydrogen-bond donors (Lipinski definition) is 0. The Labute approximate surface area is 123 Å². The molecule has 3 rings (SSSR count). The van der Waals surface area contributed by atoms with E-state index in [0.717, 1.165) is 6.42 Å². The maximum atomic E-state index is 6.62. The van der Waals surface area contributed by atoms with E-state index in [9.17, 15) is 0 Å². The Hall–Kier alpha value is 0.250. The lowest BCUT2D eigenvalue weighted by Gasteiger charge is -2.54. The highest BCUT2D eigenvalue weighted by atomic mass is 35.5. The van der Waals surface area contributed by atoms with Crippen LogP contribution in [-0.2, 0) is 4.74 Å². The van der Waals surface area contributed by atoms with Crippen molar-refractivity contribution < 1.29 is 4.74 Å². The van der Waals surface area contributed by atoms with Crippen LogP contribution in [0.1, 0.15) is 83.5 Å². The minimum atomic E-state index is 0.352. The van der Waals surface area contributed by atoms with Crippen LogP contribution in [0.4, 0.5) is 0 Å². The molecule has 3 aliphatic rings. The quantitative estimate of drug-likeness (QED) is 0.484. The molecule has 3 saturated carbocycles. The van der Waals surface area contributed by atoms with E-state index in [1.807, 2.05) is 0 Å². The second-order valence-electron chi connectivity index (χ2n) is 7.09. The van der Waals surface area contributed by atoms with E-state index in [-0.39, 0.29) is 0 Å². The van der Waals surface area contributed by atoms with Gasteiger partial charge in [-0.25, -0.2) is 0 Å². The monoisotopic (exact) mass is 284 g/mol. The van der Waals surface area contributed by atoms with E-state index in [1.54, 1.807) is 0 Å². The van der Waals surface area contributed by atoms with Crippen molar-refractivity contribution in [1.82, 2.24) is 0 Å². The second kappa shape index (κ2) is 6.35. The normalized spacial score (nSPS) is 36.5. The van der Waals surface area contributed by atoms with E-state index in [1.165, 1.54) is 77.0 Å². The average molecular weight is 285 g/mol. The Morgan fingerprint density at radius 3 is 1.95 bits per heavy atom. The molecule has 0 bridgehead atoms. The summed E-state index contributed by atoms with van der Waals surface area (Å²) in [5, 5.41) is 0.390. The Morgan fingerprint density at radius 2 is 1.37 bits per heavy atom. The van der Waals surface area contributed by atoms with Gasteiger partial charge in [-0.2, -0.15) is 0 Å². The predicted octanol–water partition coefficient (Wildman–Crippen LogP) is 5.45. The molecule has 0 aliphatic heterocycles. The Bertz CT molecular complexity index is 275. The maximum Gasteiger partial charge on any atom is 0.0663 e. The van der Waals surface area contributed by atoms with Crippen molar-refractivity contribution in [3.63, 3.8) is 0 Å². The Kier molecular flexibility index (Phi) is 4.74. The van der Waals surface area contributed by atoms with Gasteiger partial charge in [-0.05, 0) is 32.1 Å². The molecule has 0 aromatic heterocycles. The summed E-state index contributed by atoms with van der Waals surface area (Å²) in [4.78, 5) is 0. The molecule has 1 spiro atoms. The molecule has 0 aromatic rings. The van der Waals surface area contributed by atoms with Gasteiger partial charge < -0.3 is 4.74 Å². The number of hydrogen-bond acceptors (Lipinski definition) is 1. The molecular formula is C17H29ClO. The van der Waals surface area contributed by atoms with Crippen molar-refractivity contribution in [3.8, 4) is 0 Å². The van der Waals surface area contributed by atoms with Crippen LogP contribution in [0.15, 0.2) is 0 Å². The molecule has 3 aliphatic carbocycles. The molecule has 0 N–H and O–H groups in total. The van der Waals surface area contributed by atoms with Crippen LogP contribution >= 0.6 is 11.6 Å². The Balaban J connectivity index is 1.60. The van der Waals surface area contributed by atoms with Crippen molar-refractivity contribution in [2.75, 3.05) is 0 Å². The van der Waals surface area contributed by atoms with Crippen molar-refractivity contribution in [2.45, 2.75) is 101 Å². The van der Waals surface area contributed by atoms with E-state index in [0.29, 0.717) is 23.0 Å². The summed E-state index contributed by atoms with van der Waals surface area (Å²) in [6, 6.07) is 0. The summed E-state index contributed by atoms with van der Waals surface area (Å²) >= 11 is 6.62. The van der Waals surface area contributed by atoms with Crippen LogP contribution in [0.3, 0.4) is 0 Å². The van der Waals surface area contributed by atoms with E-state index < -0.39 is 0 Å². The molecule has 2 unspecified atom stereocenters. The van der Waals surface area contributed by atoms with Gasteiger partial charge in [0.15, 0.2) is 0 Å². The largest absolute Gasteiger partial charge is 0.374 e. The third kappa shape index (κ3) is 2.97. The van der Waals surface area contributed by atoms with Crippen LogP contribution in [0, 0.1) is 5.41 Å². The second-order valence-corrected chi connectivity index (χ2v) is 7.62. The minimum absolute atomic E-state index is 0.352. The summed E-state index contributed by atoms with van der Waals surface area (Å²) in [5.41, 5.74) is 0.352. The molecule has 0 amide bonds. The number of halogens is 1. The van der Waals surface area contributed by atoms with E-state index in [4.69, 9.17) is 16.3 Å². The fourth-order valence-corrected chi connectivity index (χ4v) is 5.04. The third-order valence-electron chi connectivity index (χ3n) is 5.88. The topological polar surface area (TPSA) is 9.23 Å². The third-order valence-corrected chi connectivity index (χ3v) is 6.49. The first kappa shape index (κ1) is 14.2. The molecule has 3 fully saturated rings. The van der Waals surface area contributed by atoms with Gasteiger partial charge >= 0.3 is 0 Å². The SMILES string of the molecule is ClC1CC(OC2CCCCCC2)C12CCCCCC2. The molecule has 2 heteroatoms. The van der Waals surface area contributed by atoms with Crippen LogP contribution in [0.25, 0.3) is 0 Å². The van der Waals surface area contributed by atoms with Crippen LogP contribution < -0.4 is 0 Å². The maximum absolute atomic E-state index is 6.62. The fourth-order valence-electron chi connectivity index (χ4n) is 4.52. The van der Waals surface area contributed by atoms with E-state index in [2.05, 4.69) is 0 Å². The van der Waals surface area contributed by atoms with Gasteiger partial charge in [-0.1, -0.05) is 51.4 Å². The smallest absolute Gasteiger partial charge is 0.0663 e. The van der Waals surface area contributed by atoms with Gasteiger partial charge in [0.2, 0.25) is 0 Å². The zero-order valence-electron chi connectivity index (χ0n) is 12.2. The highest BCUT2D eigenvalue weighted by molar-refractivity contribution is 6.21. The molecule has 0 heterocycles. The zero-order chi connectivity index (χ0) is 13.1. The van der Waals surface area contributed by atoms with Gasteiger partial charge in [0.1, 0.15) is 0 Å². The molecular weight excluding hydrogens is 256 g/mol. The van der Waals surface area contributed by atoms with Crippen molar-refractivity contribution >= 4 is 11.6 Å². The molecule has 2 atom stereocenters. The standard InChI is InChI=1S/C17H29ClO/c18-15-13-16(17(15)11-7-3-4-8-12-17)19-14-9-5-1-2-6-10-14/h14-16H,1-13H2. The van der Waals surface area contributed by atoms with Crippen LogP contribution in [0.5, 0.6) is 0 Å². The molecule has 1 nitrogen and oxygen atoms in total. The number of ether oxygens (including phenoxy) is 1. The molecule has 110 valence electrons. The van der Waals surface area contributed by atoms with Crippen molar-refractivity contribution in [1.29, 1.82) is 0 Å². The lowest BCUT2D eigenvalue weighted by Crippen LogP contribution is -2.56. The first-order chi connectivity index (χ1) is 9.31. The molecule has 0 radical (unpaired) electrons. The molecule has 0 saturated heterocycles. The van der Waals surface area contributed by atoms with Crippen molar-refractivity contribution in [3.05, 3.63) is 0 Å². The van der Waals surface area contributed by atoms with E-state index >= 15 is 0 Å². The van der Waals surface area contributed by atoms with Crippen molar-refractivity contribution in [2.24, 2.45) is 5.41 Å². The molecule has 19 heavy (non-hydrogen) atoms. The van der Waals surface area contributed by atoms with Gasteiger partial charge in [-0.15, -0.1) is 11.6 Å². The summed E-state index contributed by atoms with van der Waals surface area (Å²) in [5.74, 6) is 0. The summed E-state index contributed by atoms with van der Waals surface area (Å²) in [7, 11) is 0. The van der Waals surface area contributed by atoms with Gasteiger partial charge in [0, 0.05) is 10.8 Å². The lowest BCUT2D eigenvalue weighted by atomic mass is 9.61.